The minimum atomic E-state index is 0. The SMILES string of the molecule is C=CC=CN.C=Cc1ccccc1.[LiH]. The molecule has 0 aromatic heterocycles. The van der Waals surface area contributed by atoms with Gasteiger partial charge < -0.3 is 5.73 Å². The molecule has 0 heterocycles. The fraction of sp³-hybridized carbons (Fsp3) is 0. The van der Waals surface area contributed by atoms with Crippen LogP contribution in [0.1, 0.15) is 5.56 Å². The van der Waals surface area contributed by atoms with E-state index in [1.165, 1.54) is 11.8 Å². The molecule has 1 nitrogen and oxygen atoms in total. The number of hydrogen-bond acceptors (Lipinski definition) is 1. The summed E-state index contributed by atoms with van der Waals surface area (Å²) in [6.07, 6.45) is 6.56. The van der Waals surface area contributed by atoms with E-state index < -0.39 is 0 Å². The van der Waals surface area contributed by atoms with Crippen LogP contribution in [0.5, 0.6) is 0 Å². The van der Waals surface area contributed by atoms with Gasteiger partial charge >= 0.3 is 18.9 Å². The molecule has 0 atom stereocenters. The molecule has 1 aromatic carbocycles. The Morgan fingerprint density at radius 1 is 1.07 bits per heavy atom. The van der Waals surface area contributed by atoms with E-state index in [4.69, 9.17) is 5.73 Å². The van der Waals surface area contributed by atoms with Crippen molar-refractivity contribution in [3.05, 3.63) is 67.4 Å². The van der Waals surface area contributed by atoms with Gasteiger partial charge in [0.1, 0.15) is 0 Å². The van der Waals surface area contributed by atoms with Crippen molar-refractivity contribution in [2.75, 3.05) is 0 Å². The van der Waals surface area contributed by atoms with Crippen molar-refractivity contribution >= 4 is 24.9 Å². The first-order valence-corrected chi connectivity index (χ1v) is 4.02. The average molecular weight is 181 g/mol. The molecule has 0 aliphatic rings. The maximum atomic E-state index is 4.89. The number of allylic oxidation sites excluding steroid dienone is 2. The Labute approximate surface area is 98.2 Å². The quantitative estimate of drug-likeness (QED) is 0.550. The van der Waals surface area contributed by atoms with Gasteiger partial charge in [0, 0.05) is 0 Å². The first kappa shape index (κ1) is 15.3. The zero-order chi connectivity index (χ0) is 9.94. The van der Waals surface area contributed by atoms with Gasteiger partial charge in [0.05, 0.1) is 0 Å². The summed E-state index contributed by atoms with van der Waals surface area (Å²) in [6, 6.07) is 10.0. The Kier molecular flexibility index (Phi) is 12.9. The third kappa shape index (κ3) is 8.93. The van der Waals surface area contributed by atoms with Crippen molar-refractivity contribution in [3.8, 4) is 0 Å². The van der Waals surface area contributed by atoms with Crippen LogP contribution in [0.3, 0.4) is 0 Å². The van der Waals surface area contributed by atoms with Crippen LogP contribution in [0.25, 0.3) is 6.08 Å². The van der Waals surface area contributed by atoms with Crippen LogP contribution in [0, 0.1) is 0 Å². The van der Waals surface area contributed by atoms with E-state index in [0.717, 1.165) is 0 Å². The van der Waals surface area contributed by atoms with E-state index in [1.807, 2.05) is 36.4 Å². The number of benzene rings is 1. The molecule has 0 unspecified atom stereocenters. The van der Waals surface area contributed by atoms with Gasteiger partial charge in [-0.3, -0.25) is 0 Å². The summed E-state index contributed by atoms with van der Waals surface area (Å²) in [5.74, 6) is 0. The summed E-state index contributed by atoms with van der Waals surface area (Å²) in [4.78, 5) is 0. The molecular weight excluding hydrogens is 165 g/mol. The summed E-state index contributed by atoms with van der Waals surface area (Å²) in [5.41, 5.74) is 6.06. The van der Waals surface area contributed by atoms with Crippen LogP contribution >= 0.6 is 0 Å². The Bertz CT molecular complexity index is 265. The molecule has 1 aromatic rings. The average Bonchev–Trinajstić information content (AvgIpc) is 2.21. The predicted molar refractivity (Wildman–Crippen MR) is 67.2 cm³/mol. The molecule has 0 radical (unpaired) electrons. The van der Waals surface area contributed by atoms with Crippen LogP contribution in [0.15, 0.2) is 61.8 Å². The molecule has 0 aliphatic carbocycles. The first-order valence-electron chi connectivity index (χ1n) is 4.02. The molecule has 2 heteroatoms. The fourth-order valence-electron chi connectivity index (χ4n) is 0.668. The molecule has 0 saturated heterocycles. The zero-order valence-corrected chi connectivity index (χ0v) is 7.69. The molecule has 2 N–H and O–H groups in total. The molecule has 0 bridgehead atoms. The van der Waals surface area contributed by atoms with E-state index in [-0.39, 0.29) is 18.9 Å². The van der Waals surface area contributed by atoms with E-state index in [2.05, 4.69) is 13.2 Å². The summed E-state index contributed by atoms with van der Waals surface area (Å²) >= 11 is 0. The number of nitrogens with two attached hydrogens (primary N) is 1. The minimum absolute atomic E-state index is 0. The summed E-state index contributed by atoms with van der Waals surface area (Å²) in [5, 5.41) is 0. The van der Waals surface area contributed by atoms with Crippen molar-refractivity contribution in [3.63, 3.8) is 0 Å². The van der Waals surface area contributed by atoms with Crippen molar-refractivity contribution in [2.45, 2.75) is 0 Å². The third-order valence-electron chi connectivity index (χ3n) is 1.28. The van der Waals surface area contributed by atoms with E-state index >= 15 is 0 Å². The topological polar surface area (TPSA) is 26.0 Å². The second-order valence-corrected chi connectivity index (χ2v) is 2.24. The van der Waals surface area contributed by atoms with Crippen molar-refractivity contribution < 1.29 is 0 Å². The fourth-order valence-corrected chi connectivity index (χ4v) is 0.668. The molecule has 0 amide bonds. The van der Waals surface area contributed by atoms with Crippen LogP contribution < -0.4 is 5.73 Å². The molecule has 0 spiro atoms. The summed E-state index contributed by atoms with van der Waals surface area (Å²) in [6.45, 7) is 7.01. The van der Waals surface area contributed by atoms with Gasteiger partial charge in [0.2, 0.25) is 0 Å². The maximum absolute atomic E-state index is 4.89. The normalized spacial score (nSPS) is 8.00. The van der Waals surface area contributed by atoms with Crippen molar-refractivity contribution in [1.29, 1.82) is 0 Å². The Morgan fingerprint density at radius 2 is 1.64 bits per heavy atom. The monoisotopic (exact) mass is 181 g/mol. The summed E-state index contributed by atoms with van der Waals surface area (Å²) in [7, 11) is 0. The van der Waals surface area contributed by atoms with E-state index in [0.29, 0.717) is 0 Å². The molecule has 14 heavy (non-hydrogen) atoms. The second kappa shape index (κ2) is 11.8. The number of hydrogen-bond donors (Lipinski definition) is 1. The second-order valence-electron chi connectivity index (χ2n) is 2.24. The molecule has 0 saturated carbocycles. The molecule has 0 aliphatic heterocycles. The van der Waals surface area contributed by atoms with Crippen molar-refractivity contribution in [1.82, 2.24) is 0 Å². The third-order valence-corrected chi connectivity index (χ3v) is 1.28. The Morgan fingerprint density at radius 3 is 1.86 bits per heavy atom. The van der Waals surface area contributed by atoms with Crippen molar-refractivity contribution in [2.24, 2.45) is 5.73 Å². The van der Waals surface area contributed by atoms with Gasteiger partial charge in [-0.25, -0.2) is 0 Å². The Hall–Kier alpha value is -1.16. The van der Waals surface area contributed by atoms with Gasteiger partial charge in [0.25, 0.3) is 0 Å². The zero-order valence-electron chi connectivity index (χ0n) is 7.69. The predicted octanol–water partition coefficient (Wildman–Crippen LogP) is 2.33. The molecule has 1 rings (SSSR count). The first-order chi connectivity index (χ1) is 6.35. The standard InChI is InChI=1S/C8H8.C4H7N.Li.H/c1-2-8-6-4-3-5-7-8;1-2-3-4-5;;/h2-7H,1H2;2-4H,1,5H2;;. The van der Waals surface area contributed by atoms with Crippen LogP contribution in [-0.2, 0) is 0 Å². The number of rotatable bonds is 2. The van der Waals surface area contributed by atoms with Crippen LogP contribution in [0.4, 0.5) is 0 Å². The molecule has 0 fully saturated rings. The van der Waals surface area contributed by atoms with Crippen LogP contribution in [0.2, 0.25) is 0 Å². The molecule has 70 valence electrons. The van der Waals surface area contributed by atoms with Gasteiger partial charge in [0.15, 0.2) is 0 Å². The summed E-state index contributed by atoms with van der Waals surface area (Å²) < 4.78 is 0. The van der Waals surface area contributed by atoms with Gasteiger partial charge in [-0.1, -0.05) is 55.6 Å². The van der Waals surface area contributed by atoms with Gasteiger partial charge in [-0.15, -0.1) is 0 Å². The van der Waals surface area contributed by atoms with Gasteiger partial charge in [-0.05, 0) is 17.8 Å². The van der Waals surface area contributed by atoms with E-state index in [9.17, 15) is 0 Å². The Balaban J connectivity index is 0. The van der Waals surface area contributed by atoms with E-state index in [1.54, 1.807) is 12.2 Å². The van der Waals surface area contributed by atoms with Gasteiger partial charge in [-0.2, -0.15) is 0 Å². The van der Waals surface area contributed by atoms with Crippen LogP contribution in [-0.4, -0.2) is 18.9 Å². The molecular formula is C12H16LiN.